The summed E-state index contributed by atoms with van der Waals surface area (Å²) in [5, 5.41) is 9.16. The van der Waals surface area contributed by atoms with Crippen molar-refractivity contribution in [3.05, 3.63) is 52.5 Å². The van der Waals surface area contributed by atoms with Crippen LogP contribution in [-0.4, -0.2) is 47.0 Å². The van der Waals surface area contributed by atoms with E-state index in [1.165, 1.54) is 12.3 Å². The summed E-state index contributed by atoms with van der Waals surface area (Å²) in [5.74, 6) is 0.338. The Balaban J connectivity index is 1.56. The molecule has 0 spiro atoms. The lowest BCUT2D eigenvalue weighted by atomic mass is 10.2. The number of hydrogen-bond acceptors (Lipinski definition) is 6. The van der Waals surface area contributed by atoms with Crippen molar-refractivity contribution in [2.45, 2.75) is 6.54 Å². The first-order valence-corrected chi connectivity index (χ1v) is 6.99. The van der Waals surface area contributed by atoms with Crippen molar-refractivity contribution in [2.24, 2.45) is 0 Å². The Morgan fingerprint density at radius 2 is 2.00 bits per heavy atom. The van der Waals surface area contributed by atoms with Crippen molar-refractivity contribution < 1.29 is 18.7 Å². The van der Waals surface area contributed by atoms with Gasteiger partial charge in [0.1, 0.15) is 12.0 Å². The van der Waals surface area contributed by atoms with Crippen LogP contribution in [0.5, 0.6) is 5.75 Å². The van der Waals surface area contributed by atoms with Crippen LogP contribution in [0.15, 0.2) is 44.4 Å². The van der Waals surface area contributed by atoms with E-state index in [9.17, 15) is 9.59 Å². The van der Waals surface area contributed by atoms with Crippen LogP contribution in [0.1, 0.15) is 16.3 Å². The molecule has 0 unspecified atom stereocenters. The number of amides is 1. The first-order chi connectivity index (χ1) is 10.6. The summed E-state index contributed by atoms with van der Waals surface area (Å²) in [7, 11) is 0. The van der Waals surface area contributed by atoms with Gasteiger partial charge in [-0.1, -0.05) is 0 Å². The Morgan fingerprint density at radius 3 is 2.64 bits per heavy atom. The number of hydrogen-bond donors (Lipinski definition) is 1. The van der Waals surface area contributed by atoms with Gasteiger partial charge in [-0.25, -0.2) is 0 Å². The topological polar surface area (TPSA) is 87.1 Å². The second-order valence-corrected chi connectivity index (χ2v) is 5.14. The van der Waals surface area contributed by atoms with Gasteiger partial charge in [-0.2, -0.15) is 0 Å². The molecule has 0 saturated carbocycles. The minimum absolute atomic E-state index is 0.110. The fourth-order valence-electron chi connectivity index (χ4n) is 2.41. The Morgan fingerprint density at radius 1 is 1.23 bits per heavy atom. The quantitative estimate of drug-likeness (QED) is 0.906. The van der Waals surface area contributed by atoms with Crippen LogP contribution >= 0.6 is 0 Å². The van der Waals surface area contributed by atoms with Gasteiger partial charge in [-0.3, -0.25) is 14.5 Å². The van der Waals surface area contributed by atoms with Crippen molar-refractivity contribution in [3.63, 3.8) is 0 Å². The zero-order valence-electron chi connectivity index (χ0n) is 11.9. The summed E-state index contributed by atoms with van der Waals surface area (Å²) >= 11 is 0. The molecule has 0 aliphatic carbocycles. The third kappa shape index (κ3) is 3.04. The van der Waals surface area contributed by atoms with Crippen LogP contribution < -0.4 is 5.43 Å². The number of carbonyl (C=O) groups excluding carboxylic acids is 1. The highest BCUT2D eigenvalue weighted by Crippen LogP contribution is 2.12. The van der Waals surface area contributed by atoms with Crippen LogP contribution in [0.4, 0.5) is 0 Å². The number of carbonyl (C=O) groups is 1. The minimum atomic E-state index is -0.451. The lowest BCUT2D eigenvalue weighted by Gasteiger charge is -2.33. The van der Waals surface area contributed by atoms with E-state index in [0.717, 1.165) is 6.26 Å². The highest BCUT2D eigenvalue weighted by molar-refractivity contribution is 5.91. The summed E-state index contributed by atoms with van der Waals surface area (Å²) in [4.78, 5) is 27.3. The molecule has 0 radical (unpaired) electrons. The molecule has 0 bridgehead atoms. The first-order valence-electron chi connectivity index (χ1n) is 6.99. The van der Waals surface area contributed by atoms with Crippen molar-refractivity contribution >= 4 is 5.91 Å². The molecule has 22 heavy (non-hydrogen) atoms. The summed E-state index contributed by atoms with van der Waals surface area (Å²) < 4.78 is 10.3. The molecular formula is C15H16N2O5. The second kappa shape index (κ2) is 6.07. The van der Waals surface area contributed by atoms with Crippen LogP contribution in [0.25, 0.3) is 0 Å². The first kappa shape index (κ1) is 14.4. The van der Waals surface area contributed by atoms with Crippen molar-refractivity contribution in [2.75, 3.05) is 26.2 Å². The van der Waals surface area contributed by atoms with Gasteiger partial charge in [-0.05, 0) is 12.1 Å². The second-order valence-electron chi connectivity index (χ2n) is 5.14. The number of aromatic hydroxyl groups is 1. The average Bonchev–Trinajstić information content (AvgIpc) is 3.05. The molecule has 1 aliphatic heterocycles. The predicted octanol–water partition coefficient (Wildman–Crippen LogP) is 0.896. The molecule has 2 aromatic heterocycles. The van der Waals surface area contributed by atoms with Gasteiger partial charge in [0.15, 0.2) is 11.5 Å². The molecule has 0 aromatic carbocycles. The Hall–Kier alpha value is -2.54. The molecule has 1 N–H and O–H groups in total. The number of nitrogens with zero attached hydrogens (tertiary/aromatic N) is 2. The molecule has 1 fully saturated rings. The SMILES string of the molecule is O=C(c1ccco1)N1CCN(Cc2cc(=O)c(O)co2)CC1. The maximum absolute atomic E-state index is 12.1. The molecule has 2 aromatic rings. The summed E-state index contributed by atoms with van der Waals surface area (Å²) in [5.41, 5.74) is -0.451. The molecular weight excluding hydrogens is 288 g/mol. The highest BCUT2D eigenvalue weighted by atomic mass is 16.4. The van der Waals surface area contributed by atoms with Gasteiger partial charge in [-0.15, -0.1) is 0 Å². The van der Waals surface area contributed by atoms with Gasteiger partial charge >= 0.3 is 0 Å². The smallest absolute Gasteiger partial charge is 0.289 e. The summed E-state index contributed by atoms with van der Waals surface area (Å²) in [6.07, 6.45) is 2.53. The Bertz CT molecular complexity index is 699. The van der Waals surface area contributed by atoms with Crippen LogP contribution in [-0.2, 0) is 6.54 Å². The third-order valence-electron chi connectivity index (χ3n) is 3.64. The Kier molecular flexibility index (Phi) is 3.97. The molecule has 3 rings (SSSR count). The summed E-state index contributed by atoms with van der Waals surface area (Å²) in [6, 6.07) is 4.63. The molecule has 1 aliphatic rings. The van der Waals surface area contributed by atoms with Crippen LogP contribution in [0.3, 0.4) is 0 Å². The van der Waals surface area contributed by atoms with E-state index in [2.05, 4.69) is 4.90 Å². The lowest BCUT2D eigenvalue weighted by Crippen LogP contribution is -2.48. The molecule has 7 heteroatoms. The van der Waals surface area contributed by atoms with E-state index in [4.69, 9.17) is 13.9 Å². The van der Waals surface area contributed by atoms with Gasteiger partial charge in [0.05, 0.1) is 12.8 Å². The molecule has 1 saturated heterocycles. The molecule has 7 nitrogen and oxygen atoms in total. The average molecular weight is 304 g/mol. The Labute approximate surface area is 126 Å². The van der Waals surface area contributed by atoms with Crippen LogP contribution in [0.2, 0.25) is 0 Å². The molecule has 116 valence electrons. The van der Waals surface area contributed by atoms with E-state index < -0.39 is 11.2 Å². The standard InChI is InChI=1S/C15H16N2O5/c18-12-8-11(22-10-13(12)19)9-16-3-5-17(6-4-16)15(20)14-2-1-7-21-14/h1-2,7-8,10,19H,3-6,9H2. The van der Waals surface area contributed by atoms with E-state index >= 15 is 0 Å². The van der Waals surface area contributed by atoms with Gasteiger partial charge in [0.2, 0.25) is 5.43 Å². The normalized spacial score (nSPS) is 15.9. The third-order valence-corrected chi connectivity index (χ3v) is 3.64. The van der Waals surface area contributed by atoms with Crippen LogP contribution in [0, 0.1) is 0 Å². The van der Waals surface area contributed by atoms with Crippen molar-refractivity contribution in [1.82, 2.24) is 9.80 Å². The van der Waals surface area contributed by atoms with E-state index in [-0.39, 0.29) is 5.91 Å². The van der Waals surface area contributed by atoms with E-state index in [1.807, 2.05) is 0 Å². The number of furan rings is 1. The zero-order chi connectivity index (χ0) is 15.5. The summed E-state index contributed by atoms with van der Waals surface area (Å²) in [6.45, 7) is 3.00. The maximum atomic E-state index is 12.1. The molecule has 3 heterocycles. The monoisotopic (exact) mass is 304 g/mol. The minimum Gasteiger partial charge on any atom is -0.502 e. The number of rotatable bonds is 3. The zero-order valence-corrected chi connectivity index (χ0v) is 11.9. The van der Waals surface area contributed by atoms with Gasteiger partial charge in [0, 0.05) is 32.2 Å². The van der Waals surface area contributed by atoms with Crippen molar-refractivity contribution in [1.29, 1.82) is 0 Å². The van der Waals surface area contributed by atoms with Crippen molar-refractivity contribution in [3.8, 4) is 5.75 Å². The maximum Gasteiger partial charge on any atom is 0.289 e. The predicted molar refractivity (Wildman–Crippen MR) is 76.5 cm³/mol. The van der Waals surface area contributed by atoms with Gasteiger partial charge in [0.25, 0.3) is 5.91 Å². The van der Waals surface area contributed by atoms with E-state index in [0.29, 0.717) is 44.2 Å². The molecule has 1 amide bonds. The van der Waals surface area contributed by atoms with Gasteiger partial charge < -0.3 is 18.8 Å². The lowest BCUT2D eigenvalue weighted by molar-refractivity contribution is 0.0589. The fraction of sp³-hybridized carbons (Fsp3) is 0.333. The van der Waals surface area contributed by atoms with E-state index in [1.54, 1.807) is 17.0 Å². The number of piperazine rings is 1. The fourth-order valence-corrected chi connectivity index (χ4v) is 2.41. The largest absolute Gasteiger partial charge is 0.502 e. The highest BCUT2D eigenvalue weighted by Gasteiger charge is 2.24. The molecule has 0 atom stereocenters.